The SMILES string of the molecule is C=CC(=O)Nc1ccc(S(=O)(=O)Nc2ccc(OCC)cc2)cc1. The summed E-state index contributed by atoms with van der Waals surface area (Å²) in [6, 6.07) is 12.5. The van der Waals surface area contributed by atoms with Gasteiger partial charge < -0.3 is 10.1 Å². The second-order valence-electron chi connectivity index (χ2n) is 4.78. The lowest BCUT2D eigenvalue weighted by molar-refractivity contribution is -0.111. The van der Waals surface area contributed by atoms with Crippen molar-refractivity contribution >= 4 is 27.3 Å². The Bertz CT molecular complexity index is 813. The lowest BCUT2D eigenvalue weighted by Crippen LogP contribution is -2.13. The summed E-state index contributed by atoms with van der Waals surface area (Å²) < 4.78 is 32.5. The molecule has 7 heteroatoms. The molecule has 0 saturated heterocycles. The average molecular weight is 346 g/mol. The zero-order valence-corrected chi connectivity index (χ0v) is 14.0. The topological polar surface area (TPSA) is 84.5 Å². The van der Waals surface area contributed by atoms with Crippen molar-refractivity contribution in [2.75, 3.05) is 16.6 Å². The maximum absolute atomic E-state index is 12.4. The Morgan fingerprint density at radius 2 is 1.67 bits per heavy atom. The molecular weight excluding hydrogens is 328 g/mol. The van der Waals surface area contributed by atoms with Crippen molar-refractivity contribution in [1.82, 2.24) is 0 Å². The number of ether oxygens (including phenoxy) is 1. The Hall–Kier alpha value is -2.80. The molecule has 1 amide bonds. The molecule has 0 fully saturated rings. The van der Waals surface area contributed by atoms with E-state index >= 15 is 0 Å². The first kappa shape index (κ1) is 17.6. The lowest BCUT2D eigenvalue weighted by Gasteiger charge is -2.10. The highest BCUT2D eigenvalue weighted by Gasteiger charge is 2.14. The standard InChI is InChI=1S/C17H18N2O4S/c1-3-17(20)18-13-7-11-16(12-8-13)24(21,22)19-14-5-9-15(10-6-14)23-4-2/h3,5-12,19H,1,4H2,2H3,(H,18,20). The Morgan fingerprint density at radius 3 is 2.21 bits per heavy atom. The Balaban J connectivity index is 2.11. The van der Waals surface area contributed by atoms with E-state index in [1.54, 1.807) is 24.3 Å². The molecular formula is C17H18N2O4S. The summed E-state index contributed by atoms with van der Waals surface area (Å²) in [5, 5.41) is 2.55. The molecule has 2 aromatic carbocycles. The van der Waals surface area contributed by atoms with Gasteiger partial charge in [-0.25, -0.2) is 8.42 Å². The highest BCUT2D eigenvalue weighted by atomic mass is 32.2. The van der Waals surface area contributed by atoms with E-state index in [1.807, 2.05) is 6.92 Å². The first-order valence-corrected chi connectivity index (χ1v) is 8.72. The van der Waals surface area contributed by atoms with Crippen LogP contribution in [0.3, 0.4) is 0 Å². The smallest absolute Gasteiger partial charge is 0.261 e. The lowest BCUT2D eigenvalue weighted by atomic mass is 10.3. The minimum atomic E-state index is -3.71. The van der Waals surface area contributed by atoms with Crippen LogP contribution in [0.15, 0.2) is 66.1 Å². The molecule has 0 aliphatic carbocycles. The third-order valence-corrected chi connectivity index (χ3v) is 4.43. The van der Waals surface area contributed by atoms with Gasteiger partial charge in [-0.15, -0.1) is 0 Å². The van der Waals surface area contributed by atoms with E-state index in [2.05, 4.69) is 16.6 Å². The van der Waals surface area contributed by atoms with Crippen LogP contribution in [-0.2, 0) is 14.8 Å². The molecule has 0 aliphatic rings. The van der Waals surface area contributed by atoms with Crippen molar-refractivity contribution in [3.63, 3.8) is 0 Å². The molecule has 0 aliphatic heterocycles. The molecule has 0 bridgehead atoms. The van der Waals surface area contributed by atoms with Crippen molar-refractivity contribution in [3.8, 4) is 5.75 Å². The molecule has 0 aromatic heterocycles. The molecule has 0 unspecified atom stereocenters. The quantitative estimate of drug-likeness (QED) is 0.755. The van der Waals surface area contributed by atoms with Crippen LogP contribution in [-0.4, -0.2) is 20.9 Å². The molecule has 6 nitrogen and oxygen atoms in total. The fourth-order valence-corrected chi connectivity index (χ4v) is 2.97. The predicted molar refractivity (Wildman–Crippen MR) is 93.7 cm³/mol. The van der Waals surface area contributed by atoms with E-state index in [0.717, 1.165) is 6.08 Å². The van der Waals surface area contributed by atoms with Crippen molar-refractivity contribution in [3.05, 3.63) is 61.2 Å². The van der Waals surface area contributed by atoms with Crippen LogP contribution in [0, 0.1) is 0 Å². The molecule has 0 radical (unpaired) electrons. The van der Waals surface area contributed by atoms with E-state index in [9.17, 15) is 13.2 Å². The third-order valence-electron chi connectivity index (χ3n) is 3.04. The summed E-state index contributed by atoms with van der Waals surface area (Å²) in [4.78, 5) is 11.3. The van der Waals surface area contributed by atoms with Crippen LogP contribution in [0.4, 0.5) is 11.4 Å². The number of anilines is 2. The average Bonchev–Trinajstić information content (AvgIpc) is 2.57. The minimum absolute atomic E-state index is 0.0907. The van der Waals surface area contributed by atoms with Crippen LogP contribution >= 0.6 is 0 Å². The second kappa shape index (κ2) is 7.65. The zero-order chi connectivity index (χ0) is 17.6. The van der Waals surface area contributed by atoms with Gasteiger partial charge in [0.15, 0.2) is 0 Å². The summed E-state index contributed by atoms with van der Waals surface area (Å²) >= 11 is 0. The van der Waals surface area contributed by atoms with E-state index in [-0.39, 0.29) is 10.8 Å². The molecule has 0 saturated carbocycles. The number of carbonyl (C=O) groups is 1. The van der Waals surface area contributed by atoms with Gasteiger partial charge in [0.05, 0.1) is 11.5 Å². The molecule has 24 heavy (non-hydrogen) atoms. The van der Waals surface area contributed by atoms with E-state index < -0.39 is 10.0 Å². The van der Waals surface area contributed by atoms with Gasteiger partial charge in [0, 0.05) is 11.4 Å². The molecule has 0 atom stereocenters. The number of carbonyl (C=O) groups excluding carboxylic acids is 1. The number of hydrogen-bond acceptors (Lipinski definition) is 4. The maximum Gasteiger partial charge on any atom is 0.261 e. The predicted octanol–water partition coefficient (Wildman–Crippen LogP) is 3.01. The van der Waals surface area contributed by atoms with Gasteiger partial charge in [-0.3, -0.25) is 9.52 Å². The van der Waals surface area contributed by atoms with Crippen LogP contribution in [0.1, 0.15) is 6.92 Å². The maximum atomic E-state index is 12.4. The first-order chi connectivity index (χ1) is 11.4. The van der Waals surface area contributed by atoms with E-state index in [4.69, 9.17) is 4.74 Å². The van der Waals surface area contributed by atoms with Gasteiger partial charge in [-0.2, -0.15) is 0 Å². The largest absolute Gasteiger partial charge is 0.494 e. The highest BCUT2D eigenvalue weighted by molar-refractivity contribution is 7.92. The molecule has 0 spiro atoms. The van der Waals surface area contributed by atoms with Crippen LogP contribution in [0.5, 0.6) is 5.75 Å². The number of nitrogens with one attached hydrogen (secondary N) is 2. The fraction of sp³-hybridized carbons (Fsp3) is 0.118. The number of rotatable bonds is 7. The van der Waals surface area contributed by atoms with E-state index in [0.29, 0.717) is 23.7 Å². The van der Waals surface area contributed by atoms with Crippen LogP contribution in [0.25, 0.3) is 0 Å². The van der Waals surface area contributed by atoms with E-state index in [1.165, 1.54) is 24.3 Å². The van der Waals surface area contributed by atoms with Gasteiger partial charge in [0.1, 0.15) is 5.75 Å². The number of sulfonamides is 1. The summed E-state index contributed by atoms with van der Waals surface area (Å²) in [6.45, 7) is 5.77. The van der Waals surface area contributed by atoms with Gasteiger partial charge in [-0.05, 0) is 61.5 Å². The van der Waals surface area contributed by atoms with Gasteiger partial charge >= 0.3 is 0 Å². The normalized spacial score (nSPS) is 10.7. The molecule has 0 heterocycles. The van der Waals surface area contributed by atoms with Crippen LogP contribution in [0.2, 0.25) is 0 Å². The Morgan fingerprint density at radius 1 is 1.08 bits per heavy atom. The van der Waals surface area contributed by atoms with Crippen LogP contribution < -0.4 is 14.8 Å². The Labute approximate surface area is 141 Å². The number of benzene rings is 2. The van der Waals surface area contributed by atoms with Crippen molar-refractivity contribution in [2.24, 2.45) is 0 Å². The zero-order valence-electron chi connectivity index (χ0n) is 13.2. The van der Waals surface area contributed by atoms with Gasteiger partial charge in [0.2, 0.25) is 5.91 Å². The second-order valence-corrected chi connectivity index (χ2v) is 6.46. The molecule has 2 N–H and O–H groups in total. The fourth-order valence-electron chi connectivity index (χ4n) is 1.91. The minimum Gasteiger partial charge on any atom is -0.494 e. The molecule has 126 valence electrons. The first-order valence-electron chi connectivity index (χ1n) is 7.24. The van der Waals surface area contributed by atoms with Gasteiger partial charge in [0.25, 0.3) is 10.0 Å². The highest BCUT2D eigenvalue weighted by Crippen LogP contribution is 2.20. The van der Waals surface area contributed by atoms with Crippen molar-refractivity contribution in [1.29, 1.82) is 0 Å². The summed E-state index contributed by atoms with van der Waals surface area (Å²) in [7, 11) is -3.71. The summed E-state index contributed by atoms with van der Waals surface area (Å²) in [5.74, 6) is 0.306. The van der Waals surface area contributed by atoms with Crippen molar-refractivity contribution in [2.45, 2.75) is 11.8 Å². The summed E-state index contributed by atoms with van der Waals surface area (Å²) in [5.41, 5.74) is 0.919. The Kier molecular flexibility index (Phi) is 5.59. The number of hydrogen-bond donors (Lipinski definition) is 2. The monoisotopic (exact) mass is 346 g/mol. The van der Waals surface area contributed by atoms with Gasteiger partial charge in [-0.1, -0.05) is 6.58 Å². The number of amides is 1. The van der Waals surface area contributed by atoms with Crippen molar-refractivity contribution < 1.29 is 17.9 Å². The summed E-state index contributed by atoms with van der Waals surface area (Å²) in [6.07, 6.45) is 1.14. The molecule has 2 aromatic rings. The third kappa shape index (κ3) is 4.60. The molecule has 2 rings (SSSR count).